The smallest absolute Gasteiger partial charge is 0.134 e. The van der Waals surface area contributed by atoms with Crippen LogP contribution in [0.15, 0.2) is 46.9 Å². The molecule has 0 aliphatic carbocycles. The molecule has 0 aliphatic rings. The second kappa shape index (κ2) is 5.65. The Morgan fingerprint density at radius 1 is 1.23 bits per heavy atom. The number of benzene rings is 2. The highest BCUT2D eigenvalue weighted by atomic mass is 19.1. The van der Waals surface area contributed by atoms with Crippen LogP contribution in [0.1, 0.15) is 41.7 Å². The Hall–Kier alpha value is -2.60. The predicted molar refractivity (Wildman–Crippen MR) is 84.2 cm³/mol. The van der Waals surface area contributed by atoms with E-state index >= 15 is 0 Å². The summed E-state index contributed by atoms with van der Waals surface area (Å²) in [5.74, 6) is 0.643. The lowest BCUT2D eigenvalue weighted by Gasteiger charge is -2.14. The zero-order chi connectivity index (χ0) is 15.7. The quantitative estimate of drug-likeness (QED) is 0.657. The van der Waals surface area contributed by atoms with Gasteiger partial charge in [0.05, 0.1) is 11.6 Å². The van der Waals surface area contributed by atoms with Crippen LogP contribution in [0.3, 0.4) is 0 Å². The summed E-state index contributed by atoms with van der Waals surface area (Å²) in [5, 5.41) is 9.88. The van der Waals surface area contributed by atoms with Gasteiger partial charge in [0.2, 0.25) is 0 Å². The van der Waals surface area contributed by atoms with E-state index in [1.165, 1.54) is 12.1 Å². The second-order valence-corrected chi connectivity index (χ2v) is 5.43. The zero-order valence-corrected chi connectivity index (χ0v) is 12.6. The maximum Gasteiger partial charge on any atom is 0.134 e. The van der Waals surface area contributed by atoms with Crippen LogP contribution in [0, 0.1) is 24.1 Å². The molecule has 3 aromatic rings. The first-order valence-electron chi connectivity index (χ1n) is 7.32. The molecule has 0 saturated carbocycles. The number of aryl methyl sites for hydroxylation is 1. The topological polar surface area (TPSA) is 36.9 Å². The summed E-state index contributed by atoms with van der Waals surface area (Å²) in [6, 6.07) is 14.3. The Bertz CT molecular complexity index is 873. The summed E-state index contributed by atoms with van der Waals surface area (Å²) in [7, 11) is 0. The summed E-state index contributed by atoms with van der Waals surface area (Å²) >= 11 is 0. The highest BCUT2D eigenvalue weighted by Crippen LogP contribution is 2.36. The van der Waals surface area contributed by atoms with Gasteiger partial charge in [0, 0.05) is 11.3 Å². The Balaban J connectivity index is 2.14. The molecule has 0 aliphatic heterocycles. The first-order chi connectivity index (χ1) is 10.6. The average Bonchev–Trinajstić information content (AvgIpc) is 2.85. The molecule has 3 rings (SSSR count). The number of halogens is 1. The zero-order valence-electron chi connectivity index (χ0n) is 12.6. The maximum atomic E-state index is 13.5. The number of fused-ring (bicyclic) bond motifs is 1. The Labute approximate surface area is 128 Å². The minimum Gasteiger partial charge on any atom is -0.460 e. The molecule has 0 N–H and O–H groups in total. The molecule has 0 radical (unpaired) electrons. The second-order valence-electron chi connectivity index (χ2n) is 5.43. The third-order valence-corrected chi connectivity index (χ3v) is 4.08. The molecule has 1 unspecified atom stereocenters. The molecule has 2 nitrogen and oxygen atoms in total. The van der Waals surface area contributed by atoms with Gasteiger partial charge in [-0.15, -0.1) is 0 Å². The van der Waals surface area contributed by atoms with Crippen molar-refractivity contribution in [1.29, 1.82) is 5.26 Å². The van der Waals surface area contributed by atoms with Crippen LogP contribution in [0.5, 0.6) is 0 Å². The number of rotatable bonds is 3. The normalized spacial score (nSPS) is 12.3. The predicted octanol–water partition coefficient (Wildman–Crippen LogP) is 5.29. The van der Waals surface area contributed by atoms with Crippen LogP contribution < -0.4 is 0 Å². The molecule has 1 heterocycles. The van der Waals surface area contributed by atoms with Gasteiger partial charge in [-0.3, -0.25) is 0 Å². The largest absolute Gasteiger partial charge is 0.460 e. The summed E-state index contributed by atoms with van der Waals surface area (Å²) in [4.78, 5) is 0. The van der Waals surface area contributed by atoms with Crippen LogP contribution >= 0.6 is 0 Å². The number of nitrogens with zero attached hydrogens (tertiary/aromatic N) is 1. The van der Waals surface area contributed by atoms with Gasteiger partial charge in [-0.2, -0.15) is 5.26 Å². The van der Waals surface area contributed by atoms with Crippen LogP contribution in [0.25, 0.3) is 11.0 Å². The first kappa shape index (κ1) is 14.3. The molecule has 0 amide bonds. The SMILES string of the molecule is CCC(c1cccc(C#N)c1)c1oc2ccc(F)cc2c1C. The molecule has 110 valence electrons. The van der Waals surface area contributed by atoms with E-state index in [1.807, 2.05) is 25.1 Å². The fraction of sp³-hybridized carbons (Fsp3) is 0.211. The van der Waals surface area contributed by atoms with E-state index in [0.29, 0.717) is 11.1 Å². The van der Waals surface area contributed by atoms with Crippen molar-refractivity contribution in [2.24, 2.45) is 0 Å². The fourth-order valence-electron chi connectivity index (χ4n) is 2.94. The van der Waals surface area contributed by atoms with Crippen LogP contribution in [-0.4, -0.2) is 0 Å². The molecule has 1 aromatic heterocycles. The van der Waals surface area contributed by atoms with E-state index in [2.05, 4.69) is 13.0 Å². The van der Waals surface area contributed by atoms with Crippen molar-refractivity contribution >= 4 is 11.0 Å². The van der Waals surface area contributed by atoms with Gasteiger partial charge >= 0.3 is 0 Å². The standard InChI is InChI=1S/C19H16FNO/c1-3-16(14-6-4-5-13(9-14)11-21)19-12(2)17-10-15(20)7-8-18(17)22-19/h4-10,16H,3H2,1-2H3. The molecule has 3 heteroatoms. The van der Waals surface area contributed by atoms with Crippen molar-refractivity contribution in [3.63, 3.8) is 0 Å². The summed E-state index contributed by atoms with van der Waals surface area (Å²) in [6.07, 6.45) is 0.845. The van der Waals surface area contributed by atoms with E-state index in [1.54, 1.807) is 12.1 Å². The Kier molecular flexibility index (Phi) is 3.68. The molecule has 0 fully saturated rings. The molecule has 0 saturated heterocycles. The van der Waals surface area contributed by atoms with Crippen molar-refractivity contribution in [3.8, 4) is 6.07 Å². The number of nitriles is 1. The molecular weight excluding hydrogens is 277 g/mol. The van der Waals surface area contributed by atoms with Gasteiger partial charge in [0.1, 0.15) is 17.2 Å². The lowest BCUT2D eigenvalue weighted by Crippen LogP contribution is -2.00. The highest BCUT2D eigenvalue weighted by Gasteiger charge is 2.21. The van der Waals surface area contributed by atoms with Gasteiger partial charge in [-0.05, 0) is 54.8 Å². The Morgan fingerprint density at radius 3 is 2.77 bits per heavy atom. The highest BCUT2D eigenvalue weighted by molar-refractivity contribution is 5.82. The minimum atomic E-state index is -0.262. The van der Waals surface area contributed by atoms with E-state index in [0.717, 1.165) is 28.7 Å². The van der Waals surface area contributed by atoms with E-state index in [4.69, 9.17) is 9.68 Å². The lowest BCUT2D eigenvalue weighted by molar-refractivity contribution is 0.509. The van der Waals surface area contributed by atoms with Crippen molar-refractivity contribution < 1.29 is 8.81 Å². The lowest BCUT2D eigenvalue weighted by atomic mass is 9.90. The van der Waals surface area contributed by atoms with Gasteiger partial charge in [0.25, 0.3) is 0 Å². The summed E-state index contributed by atoms with van der Waals surface area (Å²) in [6.45, 7) is 4.04. The number of hydrogen-bond donors (Lipinski definition) is 0. The van der Waals surface area contributed by atoms with E-state index in [9.17, 15) is 4.39 Å². The van der Waals surface area contributed by atoms with Gasteiger partial charge < -0.3 is 4.42 Å². The van der Waals surface area contributed by atoms with Gasteiger partial charge in [-0.25, -0.2) is 4.39 Å². The third kappa shape index (κ3) is 2.37. The molecule has 1 atom stereocenters. The molecule has 2 aromatic carbocycles. The van der Waals surface area contributed by atoms with Crippen molar-refractivity contribution in [3.05, 3.63) is 70.7 Å². The van der Waals surface area contributed by atoms with Crippen LogP contribution in [0.4, 0.5) is 4.39 Å². The average molecular weight is 293 g/mol. The first-order valence-corrected chi connectivity index (χ1v) is 7.32. The summed E-state index contributed by atoms with van der Waals surface area (Å²) in [5.41, 5.74) is 3.34. The number of furan rings is 1. The third-order valence-electron chi connectivity index (χ3n) is 4.08. The van der Waals surface area contributed by atoms with Crippen LogP contribution in [-0.2, 0) is 0 Å². The van der Waals surface area contributed by atoms with Crippen LogP contribution in [0.2, 0.25) is 0 Å². The fourth-order valence-corrected chi connectivity index (χ4v) is 2.94. The van der Waals surface area contributed by atoms with E-state index in [-0.39, 0.29) is 11.7 Å². The van der Waals surface area contributed by atoms with E-state index < -0.39 is 0 Å². The number of hydrogen-bond acceptors (Lipinski definition) is 2. The molecule has 0 bridgehead atoms. The van der Waals surface area contributed by atoms with Crippen molar-refractivity contribution in [2.75, 3.05) is 0 Å². The van der Waals surface area contributed by atoms with Gasteiger partial charge in [-0.1, -0.05) is 19.1 Å². The Morgan fingerprint density at radius 2 is 2.05 bits per heavy atom. The minimum absolute atomic E-state index is 0.0590. The van der Waals surface area contributed by atoms with Crippen molar-refractivity contribution in [2.45, 2.75) is 26.2 Å². The van der Waals surface area contributed by atoms with Gasteiger partial charge in [0.15, 0.2) is 0 Å². The van der Waals surface area contributed by atoms with Crippen molar-refractivity contribution in [1.82, 2.24) is 0 Å². The maximum absolute atomic E-state index is 13.5. The molecular formula is C19H16FNO. The summed E-state index contributed by atoms with van der Waals surface area (Å²) < 4.78 is 19.4. The monoisotopic (exact) mass is 293 g/mol. The molecule has 22 heavy (non-hydrogen) atoms. The molecule has 0 spiro atoms.